The fraction of sp³-hybridized carbons (Fsp3) is 0.478. The Bertz CT molecular complexity index is 1280. The lowest BCUT2D eigenvalue weighted by Gasteiger charge is -2.30. The molecule has 0 bridgehead atoms. The highest BCUT2D eigenvalue weighted by Gasteiger charge is 2.27. The maximum Gasteiger partial charge on any atom is 0.324 e. The summed E-state index contributed by atoms with van der Waals surface area (Å²) < 4.78 is 35.4. The van der Waals surface area contributed by atoms with Gasteiger partial charge in [0.15, 0.2) is 15.7 Å². The predicted molar refractivity (Wildman–Crippen MR) is 127 cm³/mol. The van der Waals surface area contributed by atoms with E-state index in [0.29, 0.717) is 16.8 Å². The standard InChI is InChI=1S/C23H28N6O4S/c1-15(2)22-26-23(33-27-22)28-9-7-17(8-10-28)32-21-13-20(24-14-25-21)29-11-6-16-12-18(34(3,30)31)4-5-19(16)29/h4-5,12-15,17H,6-11H2,1-3H3. The number of rotatable bonds is 6. The van der Waals surface area contributed by atoms with E-state index in [9.17, 15) is 8.42 Å². The van der Waals surface area contributed by atoms with Crippen molar-refractivity contribution in [2.24, 2.45) is 0 Å². The van der Waals surface area contributed by atoms with Gasteiger partial charge in [-0.05, 0) is 30.2 Å². The molecule has 0 N–H and O–H groups in total. The molecule has 11 heteroatoms. The zero-order chi connectivity index (χ0) is 23.9. The highest BCUT2D eigenvalue weighted by Crippen LogP contribution is 2.35. The van der Waals surface area contributed by atoms with Crippen LogP contribution in [0.15, 0.2) is 40.0 Å². The summed E-state index contributed by atoms with van der Waals surface area (Å²) in [5.41, 5.74) is 1.96. The first-order valence-electron chi connectivity index (χ1n) is 11.5. The van der Waals surface area contributed by atoms with Gasteiger partial charge in [0.2, 0.25) is 5.88 Å². The molecule has 0 radical (unpaired) electrons. The Hall–Kier alpha value is -3.21. The van der Waals surface area contributed by atoms with Crippen molar-refractivity contribution in [1.82, 2.24) is 20.1 Å². The Morgan fingerprint density at radius 1 is 1.12 bits per heavy atom. The summed E-state index contributed by atoms with van der Waals surface area (Å²) in [7, 11) is -3.24. The quantitative estimate of drug-likeness (QED) is 0.517. The van der Waals surface area contributed by atoms with E-state index in [2.05, 4.69) is 29.9 Å². The lowest BCUT2D eigenvalue weighted by Crippen LogP contribution is -2.38. The SMILES string of the molecule is CC(C)c1noc(N2CCC(Oc3cc(N4CCc5cc(S(C)(=O)=O)ccc54)ncn3)CC2)n1. The zero-order valence-electron chi connectivity index (χ0n) is 19.5. The van der Waals surface area contributed by atoms with Crippen molar-refractivity contribution in [1.29, 1.82) is 0 Å². The highest BCUT2D eigenvalue weighted by atomic mass is 32.2. The molecule has 2 aliphatic heterocycles. The number of hydrogen-bond acceptors (Lipinski definition) is 10. The van der Waals surface area contributed by atoms with E-state index in [1.54, 1.807) is 12.1 Å². The summed E-state index contributed by atoms with van der Waals surface area (Å²) in [4.78, 5) is 17.7. The van der Waals surface area contributed by atoms with Gasteiger partial charge in [-0.2, -0.15) is 4.98 Å². The van der Waals surface area contributed by atoms with Crippen LogP contribution in [0.25, 0.3) is 0 Å². The second-order valence-electron chi connectivity index (χ2n) is 9.07. The smallest absolute Gasteiger partial charge is 0.324 e. The topological polar surface area (TPSA) is 115 Å². The largest absolute Gasteiger partial charge is 0.474 e. The number of sulfone groups is 1. The number of piperidine rings is 1. The molecule has 0 aliphatic carbocycles. The Balaban J connectivity index is 1.24. The molecule has 4 heterocycles. The van der Waals surface area contributed by atoms with Gasteiger partial charge in [0, 0.05) is 56.4 Å². The van der Waals surface area contributed by atoms with Crippen molar-refractivity contribution in [3.63, 3.8) is 0 Å². The second-order valence-corrected chi connectivity index (χ2v) is 11.1. The minimum Gasteiger partial charge on any atom is -0.474 e. The molecule has 2 aromatic heterocycles. The number of aromatic nitrogens is 4. The van der Waals surface area contributed by atoms with Gasteiger partial charge in [0.1, 0.15) is 18.2 Å². The Labute approximate surface area is 198 Å². The molecule has 0 saturated carbocycles. The van der Waals surface area contributed by atoms with Gasteiger partial charge in [0.25, 0.3) is 0 Å². The van der Waals surface area contributed by atoms with Crippen molar-refractivity contribution >= 4 is 27.4 Å². The van der Waals surface area contributed by atoms with Crippen LogP contribution in [-0.4, -0.2) is 60.5 Å². The minimum absolute atomic E-state index is 0.0367. The second kappa shape index (κ2) is 8.86. The number of ether oxygens (including phenoxy) is 1. The van der Waals surface area contributed by atoms with Crippen LogP contribution in [0.1, 0.15) is 44.0 Å². The Kier molecular flexibility index (Phi) is 5.88. The summed E-state index contributed by atoms with van der Waals surface area (Å²) in [6.07, 6.45) is 5.17. The molecule has 3 aromatic rings. The molecule has 0 unspecified atom stereocenters. The van der Waals surface area contributed by atoms with Crippen molar-refractivity contribution in [3.8, 4) is 5.88 Å². The van der Waals surface area contributed by atoms with E-state index in [4.69, 9.17) is 9.26 Å². The summed E-state index contributed by atoms with van der Waals surface area (Å²) in [6.45, 7) is 6.34. The van der Waals surface area contributed by atoms with Crippen LogP contribution < -0.4 is 14.5 Å². The summed E-state index contributed by atoms with van der Waals surface area (Å²) >= 11 is 0. The van der Waals surface area contributed by atoms with E-state index in [-0.39, 0.29) is 12.0 Å². The minimum atomic E-state index is -3.24. The molecule has 0 amide bonds. The molecule has 1 fully saturated rings. The van der Waals surface area contributed by atoms with Crippen LogP contribution in [0.4, 0.5) is 17.5 Å². The van der Waals surface area contributed by atoms with E-state index in [1.807, 2.05) is 26.0 Å². The van der Waals surface area contributed by atoms with Gasteiger partial charge < -0.3 is 19.1 Å². The van der Waals surface area contributed by atoms with Crippen LogP contribution >= 0.6 is 0 Å². The van der Waals surface area contributed by atoms with Gasteiger partial charge in [-0.25, -0.2) is 18.4 Å². The summed E-state index contributed by atoms with van der Waals surface area (Å²) in [5.74, 6) is 2.22. The molecule has 10 nitrogen and oxygen atoms in total. The zero-order valence-corrected chi connectivity index (χ0v) is 20.3. The monoisotopic (exact) mass is 484 g/mol. The molecular weight excluding hydrogens is 456 g/mol. The predicted octanol–water partition coefficient (Wildman–Crippen LogP) is 3.13. The molecule has 34 heavy (non-hydrogen) atoms. The number of hydrogen-bond donors (Lipinski definition) is 0. The van der Waals surface area contributed by atoms with Crippen LogP contribution in [-0.2, 0) is 16.3 Å². The molecule has 1 saturated heterocycles. The molecule has 0 spiro atoms. The van der Waals surface area contributed by atoms with Crippen LogP contribution in [0.5, 0.6) is 5.88 Å². The van der Waals surface area contributed by atoms with Crippen molar-refractivity contribution in [2.75, 3.05) is 35.7 Å². The number of benzene rings is 1. The Morgan fingerprint density at radius 2 is 1.91 bits per heavy atom. The maximum absolute atomic E-state index is 11.9. The average molecular weight is 485 g/mol. The van der Waals surface area contributed by atoms with E-state index in [0.717, 1.165) is 61.8 Å². The van der Waals surface area contributed by atoms with Crippen LogP contribution in [0, 0.1) is 0 Å². The van der Waals surface area contributed by atoms with Crippen LogP contribution in [0.3, 0.4) is 0 Å². The van der Waals surface area contributed by atoms with Crippen LogP contribution in [0.2, 0.25) is 0 Å². The summed E-state index contributed by atoms with van der Waals surface area (Å²) in [6, 6.07) is 7.66. The fourth-order valence-electron chi connectivity index (χ4n) is 4.31. The lowest BCUT2D eigenvalue weighted by molar-refractivity contribution is 0.161. The molecule has 1 aromatic carbocycles. The molecular formula is C23H28N6O4S. The van der Waals surface area contributed by atoms with Gasteiger partial charge in [-0.3, -0.25) is 0 Å². The normalized spacial score (nSPS) is 16.8. The van der Waals surface area contributed by atoms with Crippen molar-refractivity contribution in [3.05, 3.63) is 42.0 Å². The van der Waals surface area contributed by atoms with E-state index >= 15 is 0 Å². The van der Waals surface area contributed by atoms with Crippen molar-refractivity contribution in [2.45, 2.75) is 50.0 Å². The van der Waals surface area contributed by atoms with E-state index in [1.165, 1.54) is 12.6 Å². The fourth-order valence-corrected chi connectivity index (χ4v) is 4.99. The highest BCUT2D eigenvalue weighted by molar-refractivity contribution is 7.90. The van der Waals surface area contributed by atoms with Crippen molar-refractivity contribution < 1.29 is 17.7 Å². The maximum atomic E-state index is 11.9. The third kappa shape index (κ3) is 4.56. The summed E-state index contributed by atoms with van der Waals surface area (Å²) in [5, 5.41) is 4.05. The van der Waals surface area contributed by atoms with Gasteiger partial charge in [-0.1, -0.05) is 19.0 Å². The number of fused-ring (bicyclic) bond motifs is 1. The number of anilines is 3. The third-order valence-electron chi connectivity index (χ3n) is 6.23. The molecule has 5 rings (SSSR count). The first-order valence-corrected chi connectivity index (χ1v) is 13.3. The molecule has 2 aliphatic rings. The van der Waals surface area contributed by atoms with E-state index < -0.39 is 9.84 Å². The number of nitrogens with zero attached hydrogens (tertiary/aromatic N) is 6. The third-order valence-corrected chi connectivity index (χ3v) is 7.34. The van der Waals surface area contributed by atoms with Gasteiger partial charge in [0.05, 0.1) is 4.90 Å². The van der Waals surface area contributed by atoms with Gasteiger partial charge >= 0.3 is 6.01 Å². The first-order chi connectivity index (χ1) is 16.3. The molecule has 180 valence electrons. The Morgan fingerprint density at radius 3 is 2.62 bits per heavy atom. The molecule has 0 atom stereocenters. The first kappa shape index (κ1) is 22.6. The van der Waals surface area contributed by atoms with Gasteiger partial charge in [-0.15, -0.1) is 0 Å². The average Bonchev–Trinajstić information content (AvgIpc) is 3.47. The lowest BCUT2D eigenvalue weighted by atomic mass is 10.1.